The van der Waals surface area contributed by atoms with Crippen LogP contribution in [0.3, 0.4) is 0 Å². The molecule has 0 spiro atoms. The smallest absolute Gasteiger partial charge is 0.253 e. The summed E-state index contributed by atoms with van der Waals surface area (Å²) < 4.78 is 13.9. The molecule has 0 bridgehead atoms. The summed E-state index contributed by atoms with van der Waals surface area (Å²) in [7, 11) is 0. The molecule has 0 heterocycles. The van der Waals surface area contributed by atoms with Gasteiger partial charge in [-0.3, -0.25) is 4.79 Å². The summed E-state index contributed by atoms with van der Waals surface area (Å²) in [6.07, 6.45) is 2.05. The van der Waals surface area contributed by atoms with Crippen LogP contribution in [0, 0.1) is 17.1 Å². The zero-order chi connectivity index (χ0) is 16.2. The summed E-state index contributed by atoms with van der Waals surface area (Å²) in [6.45, 7) is 0.241. The van der Waals surface area contributed by atoms with Gasteiger partial charge in [-0.15, -0.1) is 0 Å². The van der Waals surface area contributed by atoms with Crippen molar-refractivity contribution in [1.29, 1.82) is 5.26 Å². The van der Waals surface area contributed by atoms with Gasteiger partial charge in [0.1, 0.15) is 5.82 Å². The van der Waals surface area contributed by atoms with Gasteiger partial charge in [0.05, 0.1) is 17.2 Å². The number of anilines is 1. The average Bonchev–Trinajstić information content (AvgIpc) is 3.37. The summed E-state index contributed by atoms with van der Waals surface area (Å²) in [5.74, 6) is -0.549. The lowest BCUT2D eigenvalue weighted by atomic mass is 10.1. The average molecular weight is 309 g/mol. The standard InChI is InChI=1S/C18H16FN3O/c19-16-9-12(10-20)5-6-13(16)11-21-17-4-2-1-3-15(17)18(23)22-14-7-8-14/h1-6,9,14,21H,7-8,11H2,(H,22,23). The lowest BCUT2D eigenvalue weighted by Crippen LogP contribution is -2.26. The largest absolute Gasteiger partial charge is 0.380 e. The molecule has 0 aromatic heterocycles. The number of hydrogen-bond donors (Lipinski definition) is 2. The van der Waals surface area contributed by atoms with Crippen LogP contribution in [0.25, 0.3) is 0 Å². The van der Waals surface area contributed by atoms with Crippen LogP contribution in [0.15, 0.2) is 42.5 Å². The molecule has 3 rings (SSSR count). The number of nitriles is 1. The maximum Gasteiger partial charge on any atom is 0.253 e. The molecular weight excluding hydrogens is 293 g/mol. The Hall–Kier alpha value is -2.87. The third-order valence-corrected chi connectivity index (χ3v) is 3.74. The van der Waals surface area contributed by atoms with Crippen LogP contribution in [0.4, 0.5) is 10.1 Å². The summed E-state index contributed by atoms with van der Waals surface area (Å²) in [6, 6.07) is 13.7. The Kier molecular flexibility index (Phi) is 4.24. The molecule has 0 radical (unpaired) electrons. The first-order valence-corrected chi connectivity index (χ1v) is 7.49. The Bertz CT molecular complexity index is 778. The Morgan fingerprint density at radius 3 is 2.74 bits per heavy atom. The SMILES string of the molecule is N#Cc1ccc(CNc2ccccc2C(=O)NC2CC2)c(F)c1. The number of benzene rings is 2. The van der Waals surface area contributed by atoms with Crippen molar-refractivity contribution in [3.05, 3.63) is 65.0 Å². The third-order valence-electron chi connectivity index (χ3n) is 3.74. The fourth-order valence-corrected chi connectivity index (χ4v) is 2.28. The number of amides is 1. The quantitative estimate of drug-likeness (QED) is 0.891. The minimum atomic E-state index is -0.434. The molecule has 0 aliphatic heterocycles. The first-order valence-electron chi connectivity index (χ1n) is 7.49. The Morgan fingerprint density at radius 2 is 2.04 bits per heavy atom. The van der Waals surface area contributed by atoms with Crippen molar-refractivity contribution in [2.45, 2.75) is 25.4 Å². The molecule has 1 saturated carbocycles. The van der Waals surface area contributed by atoms with Crippen LogP contribution in [0.5, 0.6) is 0 Å². The second kappa shape index (κ2) is 6.49. The molecule has 116 valence electrons. The first-order chi connectivity index (χ1) is 11.2. The topological polar surface area (TPSA) is 64.9 Å². The molecule has 23 heavy (non-hydrogen) atoms. The normalized spacial score (nSPS) is 13.2. The summed E-state index contributed by atoms with van der Waals surface area (Å²) in [4.78, 5) is 12.2. The number of para-hydroxylation sites is 1. The predicted molar refractivity (Wildman–Crippen MR) is 85.4 cm³/mol. The summed E-state index contributed by atoms with van der Waals surface area (Å²) in [5.41, 5.74) is 1.94. The van der Waals surface area contributed by atoms with Crippen LogP contribution in [0.1, 0.15) is 34.3 Å². The van der Waals surface area contributed by atoms with Crippen molar-refractivity contribution < 1.29 is 9.18 Å². The van der Waals surface area contributed by atoms with Crippen molar-refractivity contribution in [3.63, 3.8) is 0 Å². The van der Waals surface area contributed by atoms with E-state index in [0.717, 1.165) is 12.8 Å². The maximum atomic E-state index is 13.9. The van der Waals surface area contributed by atoms with Gasteiger partial charge in [-0.1, -0.05) is 18.2 Å². The van der Waals surface area contributed by atoms with E-state index in [0.29, 0.717) is 16.8 Å². The Labute approximate surface area is 133 Å². The third kappa shape index (κ3) is 3.67. The van der Waals surface area contributed by atoms with Crippen molar-refractivity contribution in [1.82, 2.24) is 5.32 Å². The molecular formula is C18H16FN3O. The molecule has 2 aromatic rings. The highest BCUT2D eigenvalue weighted by Gasteiger charge is 2.24. The van der Waals surface area contributed by atoms with Crippen LogP contribution in [-0.4, -0.2) is 11.9 Å². The number of nitrogens with one attached hydrogen (secondary N) is 2. The molecule has 0 atom stereocenters. The van der Waals surface area contributed by atoms with Gasteiger partial charge in [-0.25, -0.2) is 4.39 Å². The minimum absolute atomic E-state index is 0.115. The van der Waals surface area contributed by atoms with Gasteiger partial charge in [0.15, 0.2) is 0 Å². The van der Waals surface area contributed by atoms with Gasteiger partial charge in [-0.2, -0.15) is 5.26 Å². The van der Waals surface area contributed by atoms with E-state index in [1.807, 2.05) is 12.1 Å². The van der Waals surface area contributed by atoms with E-state index in [4.69, 9.17) is 5.26 Å². The van der Waals surface area contributed by atoms with Crippen molar-refractivity contribution in [2.24, 2.45) is 0 Å². The van der Waals surface area contributed by atoms with Gasteiger partial charge in [0, 0.05) is 23.8 Å². The second-order valence-electron chi connectivity index (χ2n) is 5.56. The molecule has 2 aromatic carbocycles. The van der Waals surface area contributed by atoms with Gasteiger partial charge >= 0.3 is 0 Å². The zero-order valence-electron chi connectivity index (χ0n) is 12.5. The molecule has 1 aliphatic rings. The molecule has 5 heteroatoms. The minimum Gasteiger partial charge on any atom is -0.380 e. The fraction of sp³-hybridized carbons (Fsp3) is 0.222. The first kappa shape index (κ1) is 15.0. The Balaban J connectivity index is 1.73. The lowest BCUT2D eigenvalue weighted by Gasteiger charge is -2.12. The van der Waals surface area contributed by atoms with Gasteiger partial charge in [0.25, 0.3) is 5.91 Å². The predicted octanol–water partition coefficient (Wildman–Crippen LogP) is 3.20. The van der Waals surface area contributed by atoms with E-state index in [1.165, 1.54) is 6.07 Å². The molecule has 1 amide bonds. The molecule has 0 saturated heterocycles. The highest BCUT2D eigenvalue weighted by atomic mass is 19.1. The number of rotatable bonds is 5. The molecule has 1 fully saturated rings. The number of carbonyl (C=O) groups excluding carboxylic acids is 1. The van der Waals surface area contributed by atoms with Crippen LogP contribution < -0.4 is 10.6 Å². The monoisotopic (exact) mass is 309 g/mol. The van der Waals surface area contributed by atoms with E-state index in [2.05, 4.69) is 10.6 Å². The number of hydrogen-bond acceptors (Lipinski definition) is 3. The summed E-state index contributed by atoms with van der Waals surface area (Å²) in [5, 5.41) is 14.8. The number of carbonyl (C=O) groups is 1. The van der Waals surface area contributed by atoms with E-state index in [-0.39, 0.29) is 24.1 Å². The maximum absolute atomic E-state index is 13.9. The second-order valence-corrected chi connectivity index (χ2v) is 5.56. The van der Waals surface area contributed by atoms with Crippen molar-refractivity contribution >= 4 is 11.6 Å². The van der Waals surface area contributed by atoms with Crippen LogP contribution in [-0.2, 0) is 6.54 Å². The molecule has 0 unspecified atom stereocenters. The molecule has 1 aliphatic carbocycles. The van der Waals surface area contributed by atoms with Crippen LogP contribution in [0.2, 0.25) is 0 Å². The van der Waals surface area contributed by atoms with Crippen molar-refractivity contribution in [3.8, 4) is 6.07 Å². The molecule has 2 N–H and O–H groups in total. The summed E-state index contributed by atoms with van der Waals surface area (Å²) >= 11 is 0. The highest BCUT2D eigenvalue weighted by molar-refractivity contribution is 5.99. The van der Waals surface area contributed by atoms with E-state index < -0.39 is 5.82 Å². The Morgan fingerprint density at radius 1 is 1.26 bits per heavy atom. The fourth-order valence-electron chi connectivity index (χ4n) is 2.28. The zero-order valence-corrected chi connectivity index (χ0v) is 12.5. The van der Waals surface area contributed by atoms with Gasteiger partial charge in [0.2, 0.25) is 0 Å². The lowest BCUT2D eigenvalue weighted by molar-refractivity contribution is 0.0952. The number of halogens is 1. The van der Waals surface area contributed by atoms with Gasteiger partial charge in [-0.05, 0) is 37.1 Å². The molecule has 4 nitrogen and oxygen atoms in total. The van der Waals surface area contributed by atoms with Gasteiger partial charge < -0.3 is 10.6 Å². The highest BCUT2D eigenvalue weighted by Crippen LogP contribution is 2.22. The van der Waals surface area contributed by atoms with E-state index >= 15 is 0 Å². The van der Waals surface area contributed by atoms with E-state index in [1.54, 1.807) is 30.3 Å². The van der Waals surface area contributed by atoms with E-state index in [9.17, 15) is 9.18 Å². The van der Waals surface area contributed by atoms with Crippen molar-refractivity contribution in [2.75, 3.05) is 5.32 Å². The van der Waals surface area contributed by atoms with Crippen LogP contribution >= 0.6 is 0 Å². The number of nitrogens with zero attached hydrogens (tertiary/aromatic N) is 1.